The summed E-state index contributed by atoms with van der Waals surface area (Å²) in [5, 5.41) is 8.14. The minimum Gasteiger partial charge on any atom is -0.435 e. The summed E-state index contributed by atoms with van der Waals surface area (Å²) in [6.07, 6.45) is 0. The van der Waals surface area contributed by atoms with Crippen molar-refractivity contribution >= 4 is 34.5 Å². The van der Waals surface area contributed by atoms with Crippen molar-refractivity contribution in [2.75, 3.05) is 35.6 Å². The normalized spacial score (nSPS) is 16.5. The summed E-state index contributed by atoms with van der Waals surface area (Å²) < 4.78 is 30.9. The van der Waals surface area contributed by atoms with Crippen LogP contribution in [0.1, 0.15) is 18.2 Å². The molecule has 3 aromatic rings. The van der Waals surface area contributed by atoms with Crippen molar-refractivity contribution in [3.05, 3.63) is 29.5 Å². The summed E-state index contributed by atoms with van der Waals surface area (Å²) >= 11 is 0. The molecule has 0 bridgehead atoms. The smallest absolute Gasteiger partial charge is 0.387 e. The molecule has 2 amide bonds. The number of alkyl halides is 2. The number of nitrogen functional groups attached to an aromatic ring is 1. The van der Waals surface area contributed by atoms with Crippen LogP contribution in [-0.2, 0) is 7.05 Å². The highest BCUT2D eigenvalue weighted by molar-refractivity contribution is 5.92. The van der Waals surface area contributed by atoms with Crippen LogP contribution < -0.4 is 20.7 Å². The fraction of sp³-hybridized carbons (Fsp3) is 0.429. The molecule has 1 saturated heterocycles. The summed E-state index contributed by atoms with van der Waals surface area (Å²) in [6.45, 7) is 4.21. The van der Waals surface area contributed by atoms with Gasteiger partial charge in [0.15, 0.2) is 5.65 Å². The van der Waals surface area contributed by atoms with E-state index >= 15 is 0 Å². The van der Waals surface area contributed by atoms with Crippen LogP contribution in [0.15, 0.2) is 18.2 Å². The third-order valence-electron chi connectivity index (χ3n) is 5.71. The zero-order valence-corrected chi connectivity index (χ0v) is 18.8. The highest BCUT2D eigenvalue weighted by Crippen LogP contribution is 2.30. The molecular weight excluding hydrogens is 434 g/mol. The molecule has 1 aromatic carbocycles. The van der Waals surface area contributed by atoms with E-state index in [-0.39, 0.29) is 23.8 Å². The Balaban J connectivity index is 1.48. The largest absolute Gasteiger partial charge is 0.435 e. The molecule has 0 spiro atoms. The number of hydrogen-bond acceptors (Lipinski definition) is 7. The van der Waals surface area contributed by atoms with Crippen LogP contribution >= 0.6 is 0 Å². The van der Waals surface area contributed by atoms with Gasteiger partial charge in [-0.25, -0.2) is 9.48 Å². The number of halogens is 2. The lowest BCUT2D eigenvalue weighted by Gasteiger charge is -2.40. The summed E-state index contributed by atoms with van der Waals surface area (Å²) in [7, 11) is 1.81. The number of aromatic nitrogens is 4. The van der Waals surface area contributed by atoms with Gasteiger partial charge in [-0.2, -0.15) is 23.8 Å². The maximum absolute atomic E-state index is 12.9. The van der Waals surface area contributed by atoms with E-state index < -0.39 is 6.61 Å². The number of anilines is 3. The van der Waals surface area contributed by atoms with E-state index in [2.05, 4.69) is 30.0 Å². The first-order valence-electron chi connectivity index (χ1n) is 10.5. The van der Waals surface area contributed by atoms with Gasteiger partial charge in [0.1, 0.15) is 11.6 Å². The number of hydrogen-bond donors (Lipinski definition) is 2. The summed E-state index contributed by atoms with van der Waals surface area (Å²) in [6, 6.07) is 4.11. The highest BCUT2D eigenvalue weighted by atomic mass is 19.3. The Hall–Kier alpha value is -3.70. The number of fused-ring (bicyclic) bond motifs is 1. The molecule has 3 heterocycles. The van der Waals surface area contributed by atoms with E-state index in [9.17, 15) is 13.6 Å². The van der Waals surface area contributed by atoms with E-state index in [1.54, 1.807) is 22.6 Å². The number of amides is 2. The van der Waals surface area contributed by atoms with E-state index in [1.807, 2.05) is 20.9 Å². The zero-order valence-electron chi connectivity index (χ0n) is 18.8. The Morgan fingerprint density at radius 3 is 2.70 bits per heavy atom. The second-order valence-corrected chi connectivity index (χ2v) is 8.09. The second kappa shape index (κ2) is 8.68. The number of nitrogens with two attached hydrogens (primary N) is 1. The van der Waals surface area contributed by atoms with Crippen molar-refractivity contribution in [1.82, 2.24) is 24.6 Å². The number of benzene rings is 1. The van der Waals surface area contributed by atoms with E-state index in [0.717, 1.165) is 11.1 Å². The van der Waals surface area contributed by atoms with Gasteiger partial charge in [0.25, 0.3) is 0 Å². The molecule has 1 aliphatic heterocycles. The molecule has 33 heavy (non-hydrogen) atoms. The topological polar surface area (TPSA) is 114 Å². The third-order valence-corrected chi connectivity index (χ3v) is 5.71. The van der Waals surface area contributed by atoms with Crippen LogP contribution in [0.4, 0.5) is 31.0 Å². The van der Waals surface area contributed by atoms with Crippen molar-refractivity contribution in [2.45, 2.75) is 33.4 Å². The first-order valence-corrected chi connectivity index (χ1v) is 10.5. The van der Waals surface area contributed by atoms with Crippen LogP contribution in [0.25, 0.3) is 11.0 Å². The minimum atomic E-state index is -2.90. The number of nitrogens with zero attached hydrogens (tertiary/aromatic N) is 6. The fourth-order valence-corrected chi connectivity index (χ4v) is 4.15. The number of carbonyl (C=O) groups excluding carboxylic acids is 1. The summed E-state index contributed by atoms with van der Waals surface area (Å²) in [5.41, 5.74) is 8.59. The van der Waals surface area contributed by atoms with E-state index in [0.29, 0.717) is 42.4 Å². The Bertz CT molecular complexity index is 1200. The standard InChI is InChI=1S/C21H26F2N8O2/c1-11-9-14(33-19(22)23)5-6-15(11)25-21(32)30-7-8-31(12(2)10-30)18-16-13(3)28-29(4)17(16)26-20(24)27-18/h5-6,9,12,19H,7-8,10H2,1-4H3,(H,25,32)(H2,24,26,27)/t12-/m0/s1. The van der Waals surface area contributed by atoms with Crippen molar-refractivity contribution in [3.8, 4) is 5.75 Å². The number of piperazine rings is 1. The van der Waals surface area contributed by atoms with Crippen LogP contribution in [0.3, 0.4) is 0 Å². The lowest BCUT2D eigenvalue weighted by atomic mass is 10.1. The Labute approximate surface area is 189 Å². The van der Waals surface area contributed by atoms with Crippen molar-refractivity contribution in [3.63, 3.8) is 0 Å². The first-order chi connectivity index (χ1) is 15.6. The van der Waals surface area contributed by atoms with Gasteiger partial charge < -0.3 is 25.6 Å². The third kappa shape index (κ3) is 4.45. The lowest BCUT2D eigenvalue weighted by Crippen LogP contribution is -2.55. The molecule has 0 unspecified atom stereocenters. The van der Waals surface area contributed by atoms with E-state index in [4.69, 9.17) is 5.73 Å². The van der Waals surface area contributed by atoms with E-state index in [1.165, 1.54) is 12.1 Å². The van der Waals surface area contributed by atoms with Gasteiger partial charge in [-0.05, 0) is 44.5 Å². The molecule has 12 heteroatoms. The van der Waals surface area contributed by atoms with Gasteiger partial charge in [-0.15, -0.1) is 0 Å². The molecule has 3 N–H and O–H groups in total. The number of rotatable bonds is 4. The van der Waals surface area contributed by atoms with Gasteiger partial charge in [-0.3, -0.25) is 0 Å². The zero-order chi connectivity index (χ0) is 23.9. The highest BCUT2D eigenvalue weighted by Gasteiger charge is 2.30. The summed E-state index contributed by atoms with van der Waals surface area (Å²) in [5.74, 6) is 0.924. The molecule has 0 saturated carbocycles. The second-order valence-electron chi connectivity index (χ2n) is 8.09. The Morgan fingerprint density at radius 2 is 2.03 bits per heavy atom. The molecule has 4 rings (SSSR count). The van der Waals surface area contributed by atoms with Gasteiger partial charge in [0.05, 0.1) is 11.1 Å². The maximum Gasteiger partial charge on any atom is 0.387 e. The number of nitrogens with one attached hydrogen (secondary N) is 1. The molecule has 176 valence electrons. The fourth-order valence-electron chi connectivity index (χ4n) is 4.15. The van der Waals surface area contributed by atoms with Crippen LogP contribution in [0.5, 0.6) is 5.75 Å². The molecule has 1 aliphatic rings. The molecule has 0 aliphatic carbocycles. The van der Waals surface area contributed by atoms with Crippen molar-refractivity contribution in [2.24, 2.45) is 7.05 Å². The van der Waals surface area contributed by atoms with Gasteiger partial charge in [0.2, 0.25) is 5.95 Å². The number of ether oxygens (including phenoxy) is 1. The predicted molar refractivity (Wildman–Crippen MR) is 121 cm³/mol. The molecular formula is C21H26F2N8O2. The van der Waals surface area contributed by atoms with Crippen LogP contribution in [0, 0.1) is 13.8 Å². The average molecular weight is 460 g/mol. The minimum absolute atomic E-state index is 0.0375. The molecule has 1 fully saturated rings. The van der Waals surface area contributed by atoms with Crippen molar-refractivity contribution < 1.29 is 18.3 Å². The first kappa shape index (κ1) is 22.5. The maximum atomic E-state index is 12.9. The predicted octanol–water partition coefficient (Wildman–Crippen LogP) is 2.91. The summed E-state index contributed by atoms with van der Waals surface area (Å²) in [4.78, 5) is 25.5. The number of urea groups is 1. The van der Waals surface area contributed by atoms with Gasteiger partial charge in [-0.1, -0.05) is 0 Å². The Kier molecular flexibility index (Phi) is 5.91. The monoisotopic (exact) mass is 460 g/mol. The lowest BCUT2D eigenvalue weighted by molar-refractivity contribution is -0.0498. The number of aryl methyl sites for hydroxylation is 3. The van der Waals surface area contributed by atoms with Gasteiger partial charge >= 0.3 is 12.6 Å². The van der Waals surface area contributed by atoms with Crippen LogP contribution in [0.2, 0.25) is 0 Å². The molecule has 1 atom stereocenters. The SMILES string of the molecule is Cc1cc(OC(F)F)ccc1NC(=O)N1CCN(c2nc(N)nc3c2c(C)nn3C)[C@@H](C)C1. The average Bonchev–Trinajstić information content (AvgIpc) is 3.02. The molecule has 10 nitrogen and oxygen atoms in total. The van der Waals surface area contributed by atoms with Crippen LogP contribution in [-0.4, -0.2) is 63.0 Å². The van der Waals surface area contributed by atoms with Gasteiger partial charge in [0, 0.05) is 38.4 Å². The van der Waals surface area contributed by atoms with Crippen molar-refractivity contribution in [1.29, 1.82) is 0 Å². The Morgan fingerprint density at radius 1 is 1.27 bits per heavy atom. The number of carbonyl (C=O) groups is 1. The quantitative estimate of drug-likeness (QED) is 0.615. The molecule has 0 radical (unpaired) electrons. The molecule has 2 aromatic heterocycles.